The Morgan fingerprint density at radius 2 is 1.42 bits per heavy atom. The zero-order valence-corrected chi connectivity index (χ0v) is 24.7. The Hall–Kier alpha value is -1.62. The average Bonchev–Trinajstić information content (AvgIpc) is 2.90. The molecule has 2 nitrogen and oxygen atoms in total. The highest BCUT2D eigenvalue weighted by Crippen LogP contribution is 2.44. The Balaban J connectivity index is 1.87. The highest BCUT2D eigenvalue weighted by Gasteiger charge is 2.44. The lowest BCUT2D eigenvalue weighted by molar-refractivity contribution is 0.518. The van der Waals surface area contributed by atoms with Gasteiger partial charge in [0.05, 0.1) is 16.8 Å². The molecule has 0 unspecified atom stereocenters. The minimum Gasteiger partial charge on any atom is -0.375 e. The van der Waals surface area contributed by atoms with Crippen LogP contribution in [0.4, 0.5) is 5.69 Å². The molecule has 0 saturated carbocycles. The van der Waals surface area contributed by atoms with Crippen LogP contribution in [0.3, 0.4) is 0 Å². The normalized spacial score (nSPS) is 14.7. The van der Waals surface area contributed by atoms with Crippen molar-refractivity contribution in [2.24, 2.45) is 0 Å². The molecule has 0 spiro atoms. The molecule has 0 aliphatic rings. The van der Waals surface area contributed by atoms with Crippen LogP contribution in [0.5, 0.6) is 0 Å². The molecule has 0 aromatic heterocycles. The lowest BCUT2D eigenvalue weighted by Gasteiger charge is -2.36. The van der Waals surface area contributed by atoms with Crippen LogP contribution in [0.25, 0.3) is 0 Å². The Kier molecular flexibility index (Phi) is 12.0. The quantitative estimate of drug-likeness (QED) is 0.141. The van der Waals surface area contributed by atoms with Gasteiger partial charge in [-0.05, 0) is 55.3 Å². The first-order valence-corrected chi connectivity index (χ1v) is 15.5. The van der Waals surface area contributed by atoms with Crippen molar-refractivity contribution in [1.82, 2.24) is 0 Å². The van der Waals surface area contributed by atoms with Crippen molar-refractivity contribution in [3.63, 3.8) is 0 Å². The van der Waals surface area contributed by atoms with E-state index < -0.39 is 15.0 Å². The number of rotatable bonds is 15. The topological polar surface area (TPSA) is 29.1 Å². The summed E-state index contributed by atoms with van der Waals surface area (Å²) in [5.41, 5.74) is 3.14. The summed E-state index contributed by atoms with van der Waals surface area (Å²) < 4.78 is 14.2. The Morgan fingerprint density at radius 3 is 2.03 bits per heavy atom. The van der Waals surface area contributed by atoms with Crippen molar-refractivity contribution in [3.8, 4) is 0 Å². The van der Waals surface area contributed by atoms with E-state index in [2.05, 4.69) is 40.3 Å². The fraction of sp³-hybridized carbons (Fsp3) is 0.419. The number of hydrogen-bond acceptors (Lipinski definition) is 2. The van der Waals surface area contributed by atoms with Gasteiger partial charge < -0.3 is 5.32 Å². The Morgan fingerprint density at radius 1 is 0.833 bits per heavy atom. The summed E-state index contributed by atoms with van der Waals surface area (Å²) in [7, 11) is -1.42. The lowest BCUT2D eigenvalue weighted by Crippen LogP contribution is -2.39. The number of aryl methyl sites for hydroxylation is 1. The molecule has 3 atom stereocenters. The molecule has 36 heavy (non-hydrogen) atoms. The van der Waals surface area contributed by atoms with Crippen LogP contribution in [-0.4, -0.2) is 8.42 Å². The van der Waals surface area contributed by atoms with Crippen molar-refractivity contribution < 1.29 is 4.21 Å². The van der Waals surface area contributed by atoms with E-state index in [4.69, 9.17) is 11.6 Å². The summed E-state index contributed by atoms with van der Waals surface area (Å²) in [6.45, 7) is 4.29. The molecule has 0 saturated heterocycles. The maximum Gasteiger partial charge on any atom is 0.148 e. The van der Waals surface area contributed by atoms with Gasteiger partial charge in [0.2, 0.25) is 0 Å². The van der Waals surface area contributed by atoms with Crippen LogP contribution < -0.4 is 5.32 Å². The third kappa shape index (κ3) is 8.46. The van der Waals surface area contributed by atoms with E-state index in [1.807, 2.05) is 73.7 Å². The molecule has 1 N–H and O–H groups in total. The fourth-order valence-corrected chi connectivity index (χ4v) is 6.86. The zero-order valence-electron chi connectivity index (χ0n) is 21.5. The average molecular weight is 589 g/mol. The Bertz CT molecular complexity index is 1060. The molecule has 0 aliphatic carbocycles. The van der Waals surface area contributed by atoms with Gasteiger partial charge in [-0.2, -0.15) is 0 Å². The van der Waals surface area contributed by atoms with Crippen molar-refractivity contribution in [2.45, 2.75) is 86.8 Å². The van der Waals surface area contributed by atoms with Gasteiger partial charge in [0.1, 0.15) is 4.21 Å². The number of hydrogen-bond donors (Lipinski definition) is 1. The molecule has 0 amide bonds. The number of halogens is 2. The molecular weight excluding hydrogens is 550 g/mol. The predicted molar refractivity (Wildman–Crippen MR) is 160 cm³/mol. The number of benzene rings is 3. The van der Waals surface area contributed by atoms with E-state index in [1.54, 1.807) is 0 Å². The van der Waals surface area contributed by atoms with Crippen molar-refractivity contribution in [2.75, 3.05) is 5.32 Å². The molecule has 0 bridgehead atoms. The summed E-state index contributed by atoms with van der Waals surface area (Å²) in [4.78, 5) is 0.772. The Labute approximate surface area is 233 Å². The molecule has 0 radical (unpaired) electrons. The van der Waals surface area contributed by atoms with Gasteiger partial charge in [0.15, 0.2) is 0 Å². The highest BCUT2D eigenvalue weighted by atomic mass is 79.9. The van der Waals surface area contributed by atoms with Crippen LogP contribution in [0, 0.1) is 6.92 Å². The second-order valence-electron chi connectivity index (χ2n) is 9.59. The molecule has 0 aliphatic heterocycles. The lowest BCUT2D eigenvalue weighted by atomic mass is 9.97. The predicted octanol–water partition coefficient (Wildman–Crippen LogP) is 10.2. The van der Waals surface area contributed by atoms with Crippen LogP contribution in [0.2, 0.25) is 0 Å². The van der Waals surface area contributed by atoms with E-state index in [0.29, 0.717) is 6.42 Å². The molecule has 0 heterocycles. The van der Waals surface area contributed by atoms with E-state index in [1.165, 1.54) is 38.5 Å². The summed E-state index contributed by atoms with van der Waals surface area (Å²) in [6, 6.07) is 25.9. The van der Waals surface area contributed by atoms with Crippen LogP contribution in [0.1, 0.15) is 81.9 Å². The van der Waals surface area contributed by atoms with Crippen LogP contribution in [0.15, 0.2) is 88.2 Å². The summed E-state index contributed by atoms with van der Waals surface area (Å²) in [5.74, 6) is 0. The van der Waals surface area contributed by atoms with Crippen molar-refractivity contribution in [1.29, 1.82) is 0 Å². The number of nitrogens with one attached hydrogen (secondary N) is 1. The van der Waals surface area contributed by atoms with Crippen molar-refractivity contribution >= 4 is 44.0 Å². The molecule has 3 aromatic rings. The first kappa shape index (κ1) is 28.9. The van der Waals surface area contributed by atoms with E-state index in [-0.39, 0.29) is 6.04 Å². The molecule has 3 rings (SSSR count). The highest BCUT2D eigenvalue weighted by molar-refractivity contribution is 9.10. The van der Waals surface area contributed by atoms with Gasteiger partial charge in [0.25, 0.3) is 0 Å². The molecule has 194 valence electrons. The number of alkyl halides is 1. The van der Waals surface area contributed by atoms with E-state index in [0.717, 1.165) is 39.0 Å². The van der Waals surface area contributed by atoms with E-state index >= 15 is 0 Å². The monoisotopic (exact) mass is 587 g/mol. The van der Waals surface area contributed by atoms with Gasteiger partial charge in [-0.3, -0.25) is 4.21 Å². The third-order valence-corrected chi connectivity index (χ3v) is 9.75. The summed E-state index contributed by atoms with van der Waals surface area (Å²) in [6.07, 6.45) is 10.4. The molecular formula is C31H39BrClNOS. The second kappa shape index (κ2) is 15.0. The third-order valence-electron chi connectivity index (χ3n) is 6.63. The minimum atomic E-state index is -1.42. The first-order valence-electron chi connectivity index (χ1n) is 13.2. The molecule has 0 fully saturated rings. The molecule has 3 aromatic carbocycles. The SMILES string of the molecule is CCCCCCCCCC[C@@](Cl)([C@H](Nc1ccc(Br)cc1)c1ccccc1)[S@@](=O)c1ccc(C)cc1. The largest absolute Gasteiger partial charge is 0.375 e. The standard InChI is InChI=1S/C31H39BrClNOS/c1-3-4-5-6-7-8-9-13-24-31(33,36(35)29-22-16-25(2)17-23-29)30(26-14-11-10-12-15-26)34-28-20-18-27(32)19-21-28/h10-12,14-23,30,34H,3-9,13,24H2,1-2H3/t30-,31+,36+/m1/s1. The second-order valence-corrected chi connectivity index (χ2v) is 13.1. The number of anilines is 1. The zero-order chi connectivity index (χ0) is 25.8. The van der Waals surface area contributed by atoms with Gasteiger partial charge in [0, 0.05) is 15.1 Å². The first-order chi connectivity index (χ1) is 17.4. The summed E-state index contributed by atoms with van der Waals surface area (Å²) >= 11 is 11.1. The van der Waals surface area contributed by atoms with Gasteiger partial charge >= 0.3 is 0 Å². The number of unbranched alkanes of at least 4 members (excludes halogenated alkanes) is 7. The van der Waals surface area contributed by atoms with Crippen LogP contribution >= 0.6 is 27.5 Å². The maximum absolute atomic E-state index is 14.2. The summed E-state index contributed by atoms with van der Waals surface area (Å²) in [5, 5.41) is 3.65. The van der Waals surface area contributed by atoms with Crippen LogP contribution in [-0.2, 0) is 10.8 Å². The van der Waals surface area contributed by atoms with Crippen molar-refractivity contribution in [3.05, 3.63) is 94.5 Å². The fourth-order valence-electron chi connectivity index (χ4n) is 4.50. The molecule has 5 heteroatoms. The smallest absolute Gasteiger partial charge is 0.148 e. The van der Waals surface area contributed by atoms with Gasteiger partial charge in [-0.15, -0.1) is 11.6 Å². The van der Waals surface area contributed by atoms with Gasteiger partial charge in [-0.1, -0.05) is 122 Å². The van der Waals surface area contributed by atoms with E-state index in [9.17, 15) is 4.21 Å². The minimum absolute atomic E-state index is 0.326. The maximum atomic E-state index is 14.2. The van der Waals surface area contributed by atoms with Gasteiger partial charge in [-0.25, -0.2) is 0 Å².